The Labute approximate surface area is 115 Å². The molecule has 19 heavy (non-hydrogen) atoms. The molecule has 1 aromatic heterocycles. The van der Waals surface area contributed by atoms with E-state index in [2.05, 4.69) is 24.0 Å². The number of hydrogen-bond acceptors (Lipinski definition) is 3. The summed E-state index contributed by atoms with van der Waals surface area (Å²) in [5.74, 6) is 1.01. The fourth-order valence-corrected chi connectivity index (χ4v) is 2.16. The molecule has 3 nitrogen and oxygen atoms in total. The first-order valence-electron chi connectivity index (χ1n) is 6.85. The predicted molar refractivity (Wildman–Crippen MR) is 77.6 cm³/mol. The van der Waals surface area contributed by atoms with Crippen LogP contribution in [-0.4, -0.2) is 18.0 Å². The summed E-state index contributed by atoms with van der Waals surface area (Å²) in [6, 6.07) is 14.3. The molecule has 2 aromatic rings. The second kappa shape index (κ2) is 7.12. The Bertz CT molecular complexity index is 453. The highest BCUT2D eigenvalue weighted by atomic mass is 16.3. The number of nitrogens with zero attached hydrogens (tertiary/aromatic N) is 1. The number of nitrogens with two attached hydrogens (primary N) is 1. The van der Waals surface area contributed by atoms with E-state index in [1.165, 1.54) is 5.56 Å². The molecule has 2 rings (SSSR count). The fourth-order valence-electron chi connectivity index (χ4n) is 2.16. The van der Waals surface area contributed by atoms with Crippen LogP contribution in [0.2, 0.25) is 0 Å². The van der Waals surface area contributed by atoms with Gasteiger partial charge >= 0.3 is 0 Å². The van der Waals surface area contributed by atoms with E-state index < -0.39 is 0 Å². The standard InChI is InChI=1S/C16H22N2O/c1-2-18(13-15-9-6-12-19-15)11-10-16(17)14-7-4-3-5-8-14/h3-9,12,16H,2,10-11,13,17H2,1H3. The summed E-state index contributed by atoms with van der Waals surface area (Å²) in [7, 11) is 0. The molecule has 1 aromatic carbocycles. The maximum absolute atomic E-state index is 6.22. The van der Waals surface area contributed by atoms with Gasteiger partial charge in [0, 0.05) is 12.6 Å². The number of furan rings is 1. The summed E-state index contributed by atoms with van der Waals surface area (Å²) in [5, 5.41) is 0. The van der Waals surface area contributed by atoms with Crippen LogP contribution in [0.15, 0.2) is 53.1 Å². The molecule has 1 unspecified atom stereocenters. The Morgan fingerprint density at radius 1 is 1.16 bits per heavy atom. The Morgan fingerprint density at radius 2 is 1.95 bits per heavy atom. The zero-order valence-electron chi connectivity index (χ0n) is 11.5. The van der Waals surface area contributed by atoms with Crippen LogP contribution in [-0.2, 0) is 6.54 Å². The number of benzene rings is 1. The Hall–Kier alpha value is -1.58. The fraction of sp³-hybridized carbons (Fsp3) is 0.375. The van der Waals surface area contributed by atoms with Gasteiger partial charge < -0.3 is 10.2 Å². The minimum Gasteiger partial charge on any atom is -0.468 e. The molecule has 2 N–H and O–H groups in total. The van der Waals surface area contributed by atoms with Gasteiger partial charge in [-0.3, -0.25) is 4.90 Å². The molecule has 0 fully saturated rings. The summed E-state index contributed by atoms with van der Waals surface area (Å²) in [6.07, 6.45) is 2.68. The van der Waals surface area contributed by atoms with Crippen molar-refractivity contribution in [3.63, 3.8) is 0 Å². The van der Waals surface area contributed by atoms with Gasteiger partial charge in [-0.25, -0.2) is 0 Å². The summed E-state index contributed by atoms with van der Waals surface area (Å²) in [4.78, 5) is 2.35. The lowest BCUT2D eigenvalue weighted by atomic mass is 10.0. The third-order valence-electron chi connectivity index (χ3n) is 3.39. The summed E-state index contributed by atoms with van der Waals surface area (Å²) in [6.45, 7) is 5.00. The van der Waals surface area contributed by atoms with Crippen molar-refractivity contribution in [2.45, 2.75) is 25.9 Å². The summed E-state index contributed by atoms with van der Waals surface area (Å²) in [5.41, 5.74) is 7.43. The molecular weight excluding hydrogens is 236 g/mol. The molecule has 1 atom stereocenters. The minimum absolute atomic E-state index is 0.104. The maximum atomic E-state index is 6.22. The largest absolute Gasteiger partial charge is 0.468 e. The zero-order valence-corrected chi connectivity index (χ0v) is 11.5. The second-order valence-corrected chi connectivity index (χ2v) is 4.75. The van der Waals surface area contributed by atoms with Crippen molar-refractivity contribution < 1.29 is 4.42 Å². The summed E-state index contributed by atoms with van der Waals surface area (Å²) < 4.78 is 5.38. The van der Waals surface area contributed by atoms with Crippen LogP contribution in [0.25, 0.3) is 0 Å². The van der Waals surface area contributed by atoms with Crippen molar-refractivity contribution in [2.24, 2.45) is 5.73 Å². The van der Waals surface area contributed by atoms with Crippen molar-refractivity contribution in [1.29, 1.82) is 0 Å². The molecule has 0 saturated heterocycles. The molecular formula is C16H22N2O. The van der Waals surface area contributed by atoms with E-state index >= 15 is 0 Å². The molecule has 0 amide bonds. The van der Waals surface area contributed by atoms with Crippen LogP contribution in [0.3, 0.4) is 0 Å². The van der Waals surface area contributed by atoms with E-state index in [4.69, 9.17) is 10.2 Å². The minimum atomic E-state index is 0.104. The highest BCUT2D eigenvalue weighted by molar-refractivity contribution is 5.18. The number of hydrogen-bond donors (Lipinski definition) is 1. The van der Waals surface area contributed by atoms with Crippen LogP contribution in [0, 0.1) is 0 Å². The molecule has 0 spiro atoms. The quantitative estimate of drug-likeness (QED) is 0.829. The smallest absolute Gasteiger partial charge is 0.117 e. The lowest BCUT2D eigenvalue weighted by Gasteiger charge is -2.21. The molecule has 0 aliphatic rings. The van der Waals surface area contributed by atoms with E-state index in [0.717, 1.165) is 31.8 Å². The molecule has 0 saturated carbocycles. The van der Waals surface area contributed by atoms with Crippen molar-refractivity contribution >= 4 is 0 Å². The van der Waals surface area contributed by atoms with Crippen LogP contribution < -0.4 is 5.73 Å². The monoisotopic (exact) mass is 258 g/mol. The van der Waals surface area contributed by atoms with Crippen molar-refractivity contribution in [3.05, 3.63) is 60.1 Å². The Kier molecular flexibility index (Phi) is 5.19. The zero-order chi connectivity index (χ0) is 13.5. The molecule has 0 radical (unpaired) electrons. The summed E-state index contributed by atoms with van der Waals surface area (Å²) >= 11 is 0. The van der Waals surface area contributed by atoms with Gasteiger partial charge in [-0.05, 0) is 30.7 Å². The van der Waals surface area contributed by atoms with Gasteiger partial charge in [0.25, 0.3) is 0 Å². The first-order valence-corrected chi connectivity index (χ1v) is 6.85. The highest BCUT2D eigenvalue weighted by Crippen LogP contribution is 2.14. The van der Waals surface area contributed by atoms with E-state index in [-0.39, 0.29) is 6.04 Å². The van der Waals surface area contributed by atoms with Gasteiger partial charge in [0.15, 0.2) is 0 Å². The van der Waals surface area contributed by atoms with Crippen molar-refractivity contribution in [1.82, 2.24) is 4.90 Å². The first-order chi connectivity index (χ1) is 9.29. The molecule has 102 valence electrons. The molecule has 0 aliphatic heterocycles. The first kappa shape index (κ1) is 13.8. The van der Waals surface area contributed by atoms with Gasteiger partial charge in [-0.2, -0.15) is 0 Å². The molecule has 0 aliphatic carbocycles. The average molecular weight is 258 g/mol. The second-order valence-electron chi connectivity index (χ2n) is 4.75. The van der Waals surface area contributed by atoms with E-state index in [1.807, 2.05) is 30.3 Å². The predicted octanol–water partition coefficient (Wildman–Crippen LogP) is 3.19. The third kappa shape index (κ3) is 4.23. The van der Waals surface area contributed by atoms with Gasteiger partial charge in [0.05, 0.1) is 12.8 Å². The molecule has 3 heteroatoms. The van der Waals surface area contributed by atoms with Crippen molar-refractivity contribution in [3.8, 4) is 0 Å². The number of rotatable bonds is 7. The van der Waals surface area contributed by atoms with E-state index in [0.29, 0.717) is 0 Å². The van der Waals surface area contributed by atoms with Gasteiger partial charge in [-0.1, -0.05) is 37.3 Å². The Balaban J connectivity index is 1.83. The average Bonchev–Trinajstić information content (AvgIpc) is 2.97. The normalized spacial score (nSPS) is 12.8. The van der Waals surface area contributed by atoms with E-state index in [1.54, 1.807) is 6.26 Å². The van der Waals surface area contributed by atoms with Gasteiger partial charge in [-0.15, -0.1) is 0 Å². The topological polar surface area (TPSA) is 42.4 Å². The third-order valence-corrected chi connectivity index (χ3v) is 3.39. The van der Waals surface area contributed by atoms with Crippen molar-refractivity contribution in [2.75, 3.05) is 13.1 Å². The van der Waals surface area contributed by atoms with Crippen LogP contribution in [0.4, 0.5) is 0 Å². The molecule has 1 heterocycles. The maximum Gasteiger partial charge on any atom is 0.117 e. The lowest BCUT2D eigenvalue weighted by molar-refractivity contribution is 0.246. The van der Waals surface area contributed by atoms with Crippen LogP contribution in [0.5, 0.6) is 0 Å². The SMILES string of the molecule is CCN(CCC(N)c1ccccc1)Cc1ccco1. The van der Waals surface area contributed by atoms with Gasteiger partial charge in [0.1, 0.15) is 5.76 Å². The van der Waals surface area contributed by atoms with Gasteiger partial charge in [0.2, 0.25) is 0 Å². The molecule has 0 bridgehead atoms. The van der Waals surface area contributed by atoms with Crippen LogP contribution in [0.1, 0.15) is 30.7 Å². The van der Waals surface area contributed by atoms with E-state index in [9.17, 15) is 0 Å². The highest BCUT2D eigenvalue weighted by Gasteiger charge is 2.10. The lowest BCUT2D eigenvalue weighted by Crippen LogP contribution is -2.26. The van der Waals surface area contributed by atoms with Crippen LogP contribution >= 0.6 is 0 Å². The Morgan fingerprint density at radius 3 is 2.58 bits per heavy atom.